The smallest absolute Gasteiger partial charge is 0.223 e. The number of hydrogen-bond acceptors (Lipinski definition) is 3. The van der Waals surface area contributed by atoms with E-state index in [4.69, 9.17) is 0 Å². The maximum Gasteiger partial charge on any atom is 0.223 e. The van der Waals surface area contributed by atoms with Crippen molar-refractivity contribution in [3.05, 3.63) is 71.5 Å². The summed E-state index contributed by atoms with van der Waals surface area (Å²) in [5, 5.41) is 3.19. The molecule has 1 heterocycles. The summed E-state index contributed by atoms with van der Waals surface area (Å²) in [6, 6.07) is 15.4. The summed E-state index contributed by atoms with van der Waals surface area (Å²) in [5.41, 5.74) is 1.64. The van der Waals surface area contributed by atoms with Gasteiger partial charge < -0.3 is 5.32 Å². The number of piperidine rings is 1. The molecular formula is C24H31FN2O3S. The van der Waals surface area contributed by atoms with Crippen LogP contribution in [0.2, 0.25) is 0 Å². The van der Waals surface area contributed by atoms with Crippen LogP contribution in [0.3, 0.4) is 0 Å². The van der Waals surface area contributed by atoms with Crippen LogP contribution >= 0.6 is 0 Å². The van der Waals surface area contributed by atoms with E-state index in [0.29, 0.717) is 37.4 Å². The van der Waals surface area contributed by atoms with Gasteiger partial charge in [-0.25, -0.2) is 17.1 Å². The Hall–Kier alpha value is -2.25. The van der Waals surface area contributed by atoms with Crippen LogP contribution in [0.1, 0.15) is 50.3 Å². The molecule has 0 aliphatic carbocycles. The van der Waals surface area contributed by atoms with Gasteiger partial charge in [-0.3, -0.25) is 4.79 Å². The van der Waals surface area contributed by atoms with E-state index in [1.807, 2.05) is 30.3 Å². The van der Waals surface area contributed by atoms with E-state index in [0.717, 1.165) is 12.0 Å². The number of benzene rings is 2. The zero-order valence-corrected chi connectivity index (χ0v) is 18.9. The van der Waals surface area contributed by atoms with Gasteiger partial charge in [0.1, 0.15) is 5.82 Å². The zero-order chi connectivity index (χ0) is 22.4. The van der Waals surface area contributed by atoms with Crippen molar-refractivity contribution in [1.29, 1.82) is 0 Å². The maximum atomic E-state index is 13.1. The minimum atomic E-state index is -3.50. The maximum absolute atomic E-state index is 13.1. The first kappa shape index (κ1) is 23.4. The third-order valence-electron chi connectivity index (χ3n) is 5.71. The number of sulfonamides is 1. The first-order chi connectivity index (χ1) is 14.7. The molecule has 7 heteroatoms. The van der Waals surface area contributed by atoms with Crippen molar-refractivity contribution in [3.63, 3.8) is 0 Å². The van der Waals surface area contributed by atoms with Crippen molar-refractivity contribution in [3.8, 4) is 0 Å². The lowest BCUT2D eigenvalue weighted by atomic mass is 9.93. The van der Waals surface area contributed by atoms with E-state index in [-0.39, 0.29) is 29.4 Å². The largest absolute Gasteiger partial charge is 0.349 e. The molecule has 0 spiro atoms. The highest BCUT2D eigenvalue weighted by Gasteiger charge is 2.32. The Labute approximate surface area is 184 Å². The van der Waals surface area contributed by atoms with Crippen molar-refractivity contribution in [1.82, 2.24) is 9.62 Å². The molecule has 1 amide bonds. The molecule has 1 aliphatic rings. The number of hydrogen-bond donors (Lipinski definition) is 1. The average Bonchev–Trinajstić information content (AvgIpc) is 2.75. The number of nitrogens with zero attached hydrogens (tertiary/aromatic N) is 1. The summed E-state index contributed by atoms with van der Waals surface area (Å²) in [6.07, 6.45) is 1.84. The highest BCUT2D eigenvalue weighted by atomic mass is 32.2. The van der Waals surface area contributed by atoms with Crippen LogP contribution in [0, 0.1) is 17.7 Å². The van der Waals surface area contributed by atoms with Crippen LogP contribution in [0.25, 0.3) is 0 Å². The number of nitrogens with one attached hydrogen (secondary N) is 1. The van der Waals surface area contributed by atoms with E-state index < -0.39 is 10.0 Å². The Morgan fingerprint density at radius 1 is 1.06 bits per heavy atom. The standard InChI is InChI=1S/C24H31FN2O3S/c1-18(2)16-23(20-6-4-3-5-7-20)26-24(28)21-12-14-27(15-13-21)31(29,30)17-19-8-10-22(25)11-9-19/h3-11,18,21,23H,12-17H2,1-2H3,(H,26,28). The van der Waals surface area contributed by atoms with Crippen molar-refractivity contribution >= 4 is 15.9 Å². The van der Waals surface area contributed by atoms with Crippen LogP contribution in [0.15, 0.2) is 54.6 Å². The fourth-order valence-corrected chi connectivity index (χ4v) is 5.57. The van der Waals surface area contributed by atoms with Crippen LogP contribution in [-0.4, -0.2) is 31.7 Å². The quantitative estimate of drug-likeness (QED) is 0.659. The molecule has 1 atom stereocenters. The molecule has 1 saturated heterocycles. The van der Waals surface area contributed by atoms with Gasteiger partial charge >= 0.3 is 0 Å². The Balaban J connectivity index is 1.57. The van der Waals surface area contributed by atoms with Gasteiger partial charge in [-0.2, -0.15) is 0 Å². The molecule has 0 aromatic heterocycles. The Kier molecular flexibility index (Phi) is 7.84. The highest BCUT2D eigenvalue weighted by molar-refractivity contribution is 7.88. The summed E-state index contributed by atoms with van der Waals surface area (Å²) in [5.74, 6) is -0.321. The highest BCUT2D eigenvalue weighted by Crippen LogP contribution is 2.25. The molecule has 168 valence electrons. The lowest BCUT2D eigenvalue weighted by Gasteiger charge is -2.32. The van der Waals surface area contributed by atoms with Crippen molar-refractivity contribution in [2.75, 3.05) is 13.1 Å². The van der Waals surface area contributed by atoms with Gasteiger partial charge in [0.25, 0.3) is 0 Å². The minimum absolute atomic E-state index is 0.00918. The first-order valence-electron chi connectivity index (χ1n) is 10.8. The number of amides is 1. The monoisotopic (exact) mass is 446 g/mol. The second-order valence-corrected chi connectivity index (χ2v) is 10.6. The molecular weight excluding hydrogens is 415 g/mol. The molecule has 1 fully saturated rings. The van der Waals surface area contributed by atoms with Crippen molar-refractivity contribution < 1.29 is 17.6 Å². The van der Waals surface area contributed by atoms with Gasteiger partial charge in [-0.1, -0.05) is 56.3 Å². The SMILES string of the molecule is CC(C)CC(NC(=O)C1CCN(S(=O)(=O)Cc2ccc(F)cc2)CC1)c1ccccc1. The lowest BCUT2D eigenvalue weighted by Crippen LogP contribution is -2.44. The Morgan fingerprint density at radius 2 is 1.68 bits per heavy atom. The van der Waals surface area contributed by atoms with Gasteiger partial charge in [0.05, 0.1) is 11.8 Å². The molecule has 5 nitrogen and oxygen atoms in total. The van der Waals surface area contributed by atoms with E-state index in [1.165, 1.54) is 28.6 Å². The van der Waals surface area contributed by atoms with Gasteiger partial charge in [-0.05, 0) is 48.4 Å². The zero-order valence-electron chi connectivity index (χ0n) is 18.1. The molecule has 0 bridgehead atoms. The van der Waals surface area contributed by atoms with E-state index in [9.17, 15) is 17.6 Å². The topological polar surface area (TPSA) is 66.5 Å². The normalized spacial score (nSPS) is 16.9. The Bertz CT molecular complexity index is 954. The second kappa shape index (κ2) is 10.4. The molecule has 2 aromatic rings. The molecule has 31 heavy (non-hydrogen) atoms. The number of carbonyl (C=O) groups excluding carboxylic acids is 1. The number of halogens is 1. The third kappa shape index (κ3) is 6.61. The molecule has 3 rings (SSSR count). The summed E-state index contributed by atoms with van der Waals surface area (Å²) in [7, 11) is -3.50. The average molecular weight is 447 g/mol. The van der Waals surface area contributed by atoms with Crippen LogP contribution in [0.4, 0.5) is 4.39 Å². The molecule has 0 radical (unpaired) electrons. The van der Waals surface area contributed by atoms with Crippen molar-refractivity contribution in [2.24, 2.45) is 11.8 Å². The molecule has 2 aromatic carbocycles. The molecule has 0 saturated carbocycles. The third-order valence-corrected chi connectivity index (χ3v) is 7.56. The fraction of sp³-hybridized carbons (Fsp3) is 0.458. The van der Waals surface area contributed by atoms with E-state index in [1.54, 1.807) is 0 Å². The number of carbonyl (C=O) groups is 1. The lowest BCUT2D eigenvalue weighted by molar-refractivity contribution is -0.127. The minimum Gasteiger partial charge on any atom is -0.349 e. The van der Waals surface area contributed by atoms with E-state index >= 15 is 0 Å². The summed E-state index contributed by atoms with van der Waals surface area (Å²) >= 11 is 0. The molecule has 1 N–H and O–H groups in total. The van der Waals surface area contributed by atoms with Gasteiger partial charge in [0, 0.05) is 19.0 Å². The van der Waals surface area contributed by atoms with Gasteiger partial charge in [-0.15, -0.1) is 0 Å². The van der Waals surface area contributed by atoms with E-state index in [2.05, 4.69) is 19.2 Å². The van der Waals surface area contributed by atoms with Crippen LogP contribution < -0.4 is 5.32 Å². The second-order valence-electron chi connectivity index (χ2n) is 8.66. The Morgan fingerprint density at radius 3 is 2.26 bits per heavy atom. The molecule has 1 unspecified atom stereocenters. The van der Waals surface area contributed by atoms with Gasteiger partial charge in [0.15, 0.2) is 0 Å². The summed E-state index contributed by atoms with van der Waals surface area (Å²) in [6.45, 7) is 4.91. The van der Waals surface area contributed by atoms with Crippen LogP contribution in [0.5, 0.6) is 0 Å². The number of rotatable bonds is 8. The molecule has 1 aliphatic heterocycles. The fourth-order valence-electron chi connectivity index (χ4n) is 4.00. The van der Waals surface area contributed by atoms with Crippen LogP contribution in [-0.2, 0) is 20.6 Å². The predicted octanol–water partition coefficient (Wildman–Crippen LogP) is 4.27. The van der Waals surface area contributed by atoms with Crippen molar-refractivity contribution in [2.45, 2.75) is 44.9 Å². The van der Waals surface area contributed by atoms with Gasteiger partial charge in [0.2, 0.25) is 15.9 Å². The first-order valence-corrected chi connectivity index (χ1v) is 12.4. The summed E-state index contributed by atoms with van der Waals surface area (Å²) < 4.78 is 40.0. The summed E-state index contributed by atoms with van der Waals surface area (Å²) in [4.78, 5) is 12.9. The predicted molar refractivity (Wildman–Crippen MR) is 120 cm³/mol.